The third-order valence-corrected chi connectivity index (χ3v) is 5.64. The van der Waals surface area contributed by atoms with Crippen molar-refractivity contribution < 1.29 is 14.3 Å². The van der Waals surface area contributed by atoms with Gasteiger partial charge in [0, 0.05) is 24.1 Å². The molecule has 31 heavy (non-hydrogen) atoms. The number of amides is 2. The molecule has 0 bridgehead atoms. The normalized spacial score (nSPS) is 11.7. The minimum Gasteiger partial charge on any atom is -0.397 e. The van der Waals surface area contributed by atoms with E-state index >= 15 is 0 Å². The largest absolute Gasteiger partial charge is 0.397 e. The number of ether oxygens (including phenoxy) is 1. The zero-order valence-corrected chi connectivity index (χ0v) is 18.1. The van der Waals surface area contributed by atoms with E-state index in [9.17, 15) is 9.59 Å². The summed E-state index contributed by atoms with van der Waals surface area (Å²) in [7, 11) is 1.57. The van der Waals surface area contributed by atoms with Gasteiger partial charge in [0.2, 0.25) is 5.91 Å². The lowest BCUT2D eigenvalue weighted by Crippen LogP contribution is -2.43. The fraction of sp³-hybridized carbons (Fsp3) is 0.217. The summed E-state index contributed by atoms with van der Waals surface area (Å²) < 4.78 is 4.90. The maximum atomic E-state index is 12.7. The van der Waals surface area contributed by atoms with Crippen LogP contribution < -0.4 is 22.1 Å². The van der Waals surface area contributed by atoms with Crippen LogP contribution in [0.2, 0.25) is 0 Å². The van der Waals surface area contributed by atoms with Gasteiger partial charge in [0.25, 0.3) is 5.91 Å². The van der Waals surface area contributed by atoms with Crippen molar-refractivity contribution in [2.75, 3.05) is 31.3 Å². The topological polar surface area (TPSA) is 119 Å². The molecule has 0 aliphatic rings. The van der Waals surface area contributed by atoms with Crippen molar-refractivity contribution in [1.29, 1.82) is 0 Å². The number of nitrogen functional groups attached to an aromatic ring is 1. The molecule has 0 saturated heterocycles. The fourth-order valence-electron chi connectivity index (χ4n) is 3.00. The van der Waals surface area contributed by atoms with E-state index in [2.05, 4.69) is 10.6 Å². The highest BCUT2D eigenvalue weighted by Crippen LogP contribution is 2.30. The number of carbonyl (C=O) groups is 2. The maximum absolute atomic E-state index is 12.7. The van der Waals surface area contributed by atoms with E-state index in [1.165, 1.54) is 0 Å². The lowest BCUT2D eigenvalue weighted by atomic mass is 10.0. The molecule has 6 N–H and O–H groups in total. The van der Waals surface area contributed by atoms with Crippen LogP contribution in [0, 0.1) is 0 Å². The van der Waals surface area contributed by atoms with Crippen molar-refractivity contribution in [2.24, 2.45) is 5.73 Å². The van der Waals surface area contributed by atoms with E-state index in [-0.39, 0.29) is 11.8 Å². The lowest BCUT2D eigenvalue weighted by Gasteiger charge is -2.13. The Labute approximate surface area is 185 Å². The van der Waals surface area contributed by atoms with E-state index in [0.29, 0.717) is 36.5 Å². The monoisotopic (exact) mass is 438 g/mol. The third kappa shape index (κ3) is 6.14. The average Bonchev–Trinajstić information content (AvgIpc) is 3.30. The SMILES string of the molecule is COCCNC(=O)C(N)Cc1ccc(C(=O)Nc2cc(-c3cccs3)ccc2N)cc1. The molecule has 1 unspecified atom stereocenters. The van der Waals surface area contributed by atoms with Crippen LogP contribution in [0.1, 0.15) is 15.9 Å². The number of nitrogens with two attached hydrogens (primary N) is 2. The Morgan fingerprint density at radius 3 is 2.58 bits per heavy atom. The average molecular weight is 439 g/mol. The molecule has 0 aliphatic carbocycles. The molecule has 8 heteroatoms. The highest BCUT2D eigenvalue weighted by Gasteiger charge is 2.15. The Bertz CT molecular complexity index is 1020. The second-order valence-electron chi connectivity index (χ2n) is 7.02. The molecule has 162 valence electrons. The molecule has 1 heterocycles. The van der Waals surface area contributed by atoms with Gasteiger partial charge in [-0.15, -0.1) is 11.3 Å². The first-order valence-corrected chi connectivity index (χ1v) is 10.7. The molecule has 2 amide bonds. The summed E-state index contributed by atoms with van der Waals surface area (Å²) in [6.07, 6.45) is 0.372. The molecule has 0 spiro atoms. The number of thiophene rings is 1. The van der Waals surface area contributed by atoms with Gasteiger partial charge < -0.3 is 26.8 Å². The number of rotatable bonds is 9. The molecule has 0 saturated carbocycles. The molecule has 7 nitrogen and oxygen atoms in total. The van der Waals surface area contributed by atoms with Crippen molar-refractivity contribution in [1.82, 2.24) is 5.32 Å². The van der Waals surface area contributed by atoms with Crippen LogP contribution in [-0.2, 0) is 16.0 Å². The van der Waals surface area contributed by atoms with Crippen molar-refractivity contribution in [3.8, 4) is 10.4 Å². The first-order valence-electron chi connectivity index (χ1n) is 9.84. The number of nitrogens with one attached hydrogen (secondary N) is 2. The zero-order chi connectivity index (χ0) is 22.2. The summed E-state index contributed by atoms with van der Waals surface area (Å²) in [5.74, 6) is -0.497. The van der Waals surface area contributed by atoms with Gasteiger partial charge in [-0.2, -0.15) is 0 Å². The second-order valence-corrected chi connectivity index (χ2v) is 7.97. The van der Waals surface area contributed by atoms with Crippen LogP contribution in [0.3, 0.4) is 0 Å². The Balaban J connectivity index is 1.62. The van der Waals surface area contributed by atoms with Gasteiger partial charge in [-0.05, 0) is 53.3 Å². The Morgan fingerprint density at radius 2 is 1.90 bits per heavy atom. The number of benzene rings is 2. The molecular weight excluding hydrogens is 412 g/mol. The van der Waals surface area contributed by atoms with Crippen molar-refractivity contribution in [3.05, 3.63) is 71.1 Å². The standard InChI is InChI=1S/C23H26N4O3S/c1-30-11-10-26-23(29)19(25)13-15-4-6-16(7-5-15)22(28)27-20-14-17(8-9-18(20)24)21-3-2-12-31-21/h2-9,12,14,19H,10-11,13,24-25H2,1H3,(H,26,29)(H,27,28). The van der Waals surface area contributed by atoms with Crippen LogP contribution in [0.4, 0.5) is 11.4 Å². The molecule has 2 aromatic carbocycles. The first kappa shape index (κ1) is 22.5. The van der Waals surface area contributed by atoms with E-state index in [1.807, 2.05) is 29.6 Å². The summed E-state index contributed by atoms with van der Waals surface area (Å²) in [6.45, 7) is 0.849. The summed E-state index contributed by atoms with van der Waals surface area (Å²) in [6, 6.07) is 15.9. The van der Waals surface area contributed by atoms with E-state index < -0.39 is 6.04 Å². The molecule has 0 aliphatic heterocycles. The highest BCUT2D eigenvalue weighted by atomic mass is 32.1. The molecule has 3 aromatic rings. The van der Waals surface area contributed by atoms with E-state index in [4.69, 9.17) is 16.2 Å². The zero-order valence-electron chi connectivity index (χ0n) is 17.3. The predicted molar refractivity (Wildman–Crippen MR) is 125 cm³/mol. The van der Waals surface area contributed by atoms with Gasteiger partial charge in [-0.1, -0.05) is 24.3 Å². The molecule has 1 atom stereocenters. The van der Waals surface area contributed by atoms with Crippen LogP contribution >= 0.6 is 11.3 Å². The second kappa shape index (κ2) is 10.7. The van der Waals surface area contributed by atoms with Gasteiger partial charge in [-0.3, -0.25) is 9.59 Å². The quantitative estimate of drug-likeness (QED) is 0.302. The summed E-state index contributed by atoms with van der Waals surface area (Å²) in [5, 5.41) is 7.59. The highest BCUT2D eigenvalue weighted by molar-refractivity contribution is 7.13. The van der Waals surface area contributed by atoms with Crippen molar-refractivity contribution in [3.63, 3.8) is 0 Å². The minimum atomic E-state index is -0.670. The van der Waals surface area contributed by atoms with Crippen LogP contribution in [0.15, 0.2) is 60.0 Å². The van der Waals surface area contributed by atoms with E-state index in [0.717, 1.165) is 16.0 Å². The number of anilines is 2. The molecule has 3 rings (SSSR count). The van der Waals surface area contributed by atoms with E-state index in [1.54, 1.807) is 48.8 Å². The predicted octanol–water partition coefficient (Wildman–Crippen LogP) is 2.88. The Morgan fingerprint density at radius 1 is 1.13 bits per heavy atom. The number of hydrogen-bond acceptors (Lipinski definition) is 6. The number of carbonyl (C=O) groups excluding carboxylic acids is 2. The lowest BCUT2D eigenvalue weighted by molar-refractivity contribution is -0.122. The first-order chi connectivity index (χ1) is 15.0. The van der Waals surface area contributed by atoms with Crippen molar-refractivity contribution >= 4 is 34.5 Å². The fourth-order valence-corrected chi connectivity index (χ4v) is 3.73. The van der Waals surface area contributed by atoms with Gasteiger partial charge in [0.15, 0.2) is 0 Å². The van der Waals surface area contributed by atoms with Gasteiger partial charge in [0.1, 0.15) is 0 Å². The van der Waals surface area contributed by atoms with Crippen LogP contribution in [0.25, 0.3) is 10.4 Å². The summed E-state index contributed by atoms with van der Waals surface area (Å²) >= 11 is 1.62. The number of hydrogen-bond donors (Lipinski definition) is 4. The summed E-state index contributed by atoms with van der Waals surface area (Å²) in [5.41, 5.74) is 15.4. The van der Waals surface area contributed by atoms with Gasteiger partial charge in [0.05, 0.1) is 24.0 Å². The Hall–Kier alpha value is -3.20. The minimum absolute atomic E-state index is 0.236. The van der Waals surface area contributed by atoms with Gasteiger partial charge in [-0.25, -0.2) is 0 Å². The van der Waals surface area contributed by atoms with Crippen LogP contribution in [0.5, 0.6) is 0 Å². The molecular formula is C23H26N4O3S. The van der Waals surface area contributed by atoms with Gasteiger partial charge >= 0.3 is 0 Å². The summed E-state index contributed by atoms with van der Waals surface area (Å²) in [4.78, 5) is 25.8. The van der Waals surface area contributed by atoms with Crippen molar-refractivity contribution in [2.45, 2.75) is 12.5 Å². The third-order valence-electron chi connectivity index (χ3n) is 4.72. The maximum Gasteiger partial charge on any atom is 0.255 e. The molecule has 0 fully saturated rings. The molecule has 0 radical (unpaired) electrons. The van der Waals surface area contributed by atoms with Crippen LogP contribution in [-0.4, -0.2) is 38.1 Å². The number of methoxy groups -OCH3 is 1. The molecule has 1 aromatic heterocycles. The smallest absolute Gasteiger partial charge is 0.255 e. The Kier molecular flexibility index (Phi) is 7.77.